The van der Waals surface area contributed by atoms with Crippen LogP contribution in [0.25, 0.3) is 5.69 Å². The minimum Gasteiger partial charge on any atom is -0.495 e. The molecule has 0 aliphatic carbocycles. The average Bonchev–Trinajstić information content (AvgIpc) is 3.22. The molecular weight excluding hydrogens is 354 g/mol. The van der Waals surface area contributed by atoms with Gasteiger partial charge < -0.3 is 10.1 Å². The van der Waals surface area contributed by atoms with E-state index in [0.29, 0.717) is 11.4 Å². The number of anilines is 1. The van der Waals surface area contributed by atoms with Crippen molar-refractivity contribution in [1.82, 2.24) is 19.7 Å². The van der Waals surface area contributed by atoms with Crippen LogP contribution in [0.2, 0.25) is 0 Å². The number of benzene rings is 2. The Morgan fingerprint density at radius 1 is 1.25 bits per heavy atom. The Bertz CT molecular complexity index is 922. The van der Waals surface area contributed by atoms with Crippen LogP contribution in [-0.2, 0) is 4.79 Å². The summed E-state index contributed by atoms with van der Waals surface area (Å²) < 4.78 is 7.03. The van der Waals surface area contributed by atoms with E-state index in [1.54, 1.807) is 18.1 Å². The monoisotopic (exact) mass is 379 g/mol. The maximum atomic E-state index is 12.5. The standard InChI is InChI=1S/C21H25N5O2/c1-15-5-10-20(28-4)19(11-15)24-21(27)12-25(3)16(2)17-6-8-18(9-7-17)26-14-22-13-23-26/h5-11,13-14,16H,12H2,1-4H3,(H,24,27)/t16-/m1/s1. The van der Waals surface area contributed by atoms with Crippen LogP contribution in [0.3, 0.4) is 0 Å². The Kier molecular flexibility index (Phi) is 6.06. The van der Waals surface area contributed by atoms with Gasteiger partial charge in [-0.25, -0.2) is 9.67 Å². The van der Waals surface area contributed by atoms with E-state index in [9.17, 15) is 4.79 Å². The number of hydrogen-bond donors (Lipinski definition) is 1. The second kappa shape index (κ2) is 8.67. The third-order valence-corrected chi connectivity index (χ3v) is 4.74. The topological polar surface area (TPSA) is 72.3 Å². The molecule has 2 aromatic carbocycles. The van der Waals surface area contributed by atoms with Gasteiger partial charge in [0.1, 0.15) is 18.4 Å². The largest absolute Gasteiger partial charge is 0.495 e. The van der Waals surface area contributed by atoms with Crippen molar-refractivity contribution in [3.8, 4) is 11.4 Å². The minimum atomic E-state index is -0.0857. The molecule has 7 heteroatoms. The van der Waals surface area contributed by atoms with Crippen molar-refractivity contribution in [3.63, 3.8) is 0 Å². The number of likely N-dealkylation sites (N-methyl/N-ethyl adjacent to an activating group) is 1. The Morgan fingerprint density at radius 2 is 2.00 bits per heavy atom. The van der Waals surface area contributed by atoms with Gasteiger partial charge in [0, 0.05) is 6.04 Å². The van der Waals surface area contributed by atoms with Crippen LogP contribution < -0.4 is 10.1 Å². The highest BCUT2D eigenvalue weighted by molar-refractivity contribution is 5.93. The van der Waals surface area contributed by atoms with Gasteiger partial charge in [0.05, 0.1) is 25.0 Å². The van der Waals surface area contributed by atoms with Crippen LogP contribution in [0.4, 0.5) is 5.69 Å². The lowest BCUT2D eigenvalue weighted by molar-refractivity contribution is -0.117. The van der Waals surface area contributed by atoms with Crippen molar-refractivity contribution < 1.29 is 9.53 Å². The van der Waals surface area contributed by atoms with Gasteiger partial charge in [-0.05, 0) is 56.3 Å². The number of methoxy groups -OCH3 is 1. The van der Waals surface area contributed by atoms with Crippen molar-refractivity contribution in [3.05, 3.63) is 66.2 Å². The Balaban J connectivity index is 1.63. The lowest BCUT2D eigenvalue weighted by Crippen LogP contribution is -2.32. The maximum Gasteiger partial charge on any atom is 0.238 e. The number of aromatic nitrogens is 3. The van der Waals surface area contributed by atoms with E-state index in [-0.39, 0.29) is 18.5 Å². The van der Waals surface area contributed by atoms with Gasteiger partial charge in [-0.2, -0.15) is 5.10 Å². The molecule has 1 amide bonds. The number of amides is 1. The van der Waals surface area contributed by atoms with Gasteiger partial charge >= 0.3 is 0 Å². The van der Waals surface area contributed by atoms with E-state index in [1.165, 1.54) is 6.33 Å². The minimum absolute atomic E-state index is 0.0787. The highest BCUT2D eigenvalue weighted by Crippen LogP contribution is 2.25. The van der Waals surface area contributed by atoms with Gasteiger partial charge in [0.2, 0.25) is 5.91 Å². The number of ether oxygens (including phenoxy) is 1. The average molecular weight is 379 g/mol. The number of hydrogen-bond acceptors (Lipinski definition) is 5. The first-order chi connectivity index (χ1) is 13.5. The zero-order valence-corrected chi connectivity index (χ0v) is 16.6. The van der Waals surface area contributed by atoms with E-state index < -0.39 is 0 Å². The molecule has 0 bridgehead atoms. The molecule has 0 saturated carbocycles. The molecule has 0 fully saturated rings. The van der Waals surface area contributed by atoms with Crippen LogP contribution in [0.1, 0.15) is 24.1 Å². The first-order valence-electron chi connectivity index (χ1n) is 9.07. The van der Waals surface area contributed by atoms with Crippen LogP contribution >= 0.6 is 0 Å². The molecule has 7 nitrogen and oxygen atoms in total. The molecule has 0 radical (unpaired) electrons. The summed E-state index contributed by atoms with van der Waals surface area (Å²) in [6, 6.07) is 13.9. The van der Waals surface area contributed by atoms with E-state index in [0.717, 1.165) is 16.8 Å². The highest BCUT2D eigenvalue weighted by Gasteiger charge is 2.16. The molecular formula is C21H25N5O2. The fourth-order valence-corrected chi connectivity index (χ4v) is 2.97. The molecule has 0 spiro atoms. The summed E-state index contributed by atoms with van der Waals surface area (Å²) >= 11 is 0. The number of nitrogens with zero attached hydrogens (tertiary/aromatic N) is 4. The summed E-state index contributed by atoms with van der Waals surface area (Å²) in [5.74, 6) is 0.566. The van der Waals surface area contributed by atoms with Crippen LogP contribution in [-0.4, -0.2) is 46.3 Å². The molecule has 0 aliphatic heterocycles. The number of nitrogens with one attached hydrogen (secondary N) is 1. The van der Waals surface area contributed by atoms with Gasteiger partial charge in [-0.3, -0.25) is 9.69 Å². The molecule has 1 heterocycles. The van der Waals surface area contributed by atoms with Crippen LogP contribution in [0.15, 0.2) is 55.1 Å². The number of rotatable bonds is 7. The maximum absolute atomic E-state index is 12.5. The summed E-state index contributed by atoms with van der Waals surface area (Å²) in [5.41, 5.74) is 3.81. The molecule has 0 unspecified atom stereocenters. The van der Waals surface area contributed by atoms with Crippen molar-refractivity contribution in [1.29, 1.82) is 0 Å². The fraction of sp³-hybridized carbons (Fsp3) is 0.286. The van der Waals surface area contributed by atoms with Crippen molar-refractivity contribution >= 4 is 11.6 Å². The van der Waals surface area contributed by atoms with Gasteiger partial charge in [0.25, 0.3) is 0 Å². The van der Waals surface area contributed by atoms with Crippen molar-refractivity contribution in [2.24, 2.45) is 0 Å². The number of carbonyl (C=O) groups is 1. The smallest absolute Gasteiger partial charge is 0.238 e. The molecule has 0 aliphatic rings. The summed E-state index contributed by atoms with van der Waals surface area (Å²) in [7, 11) is 3.53. The summed E-state index contributed by atoms with van der Waals surface area (Å²) in [4.78, 5) is 18.5. The second-order valence-electron chi connectivity index (χ2n) is 6.77. The zero-order chi connectivity index (χ0) is 20.1. The molecule has 3 aromatic rings. The normalized spacial score (nSPS) is 12.0. The second-order valence-corrected chi connectivity index (χ2v) is 6.77. The Morgan fingerprint density at radius 3 is 2.64 bits per heavy atom. The first kappa shape index (κ1) is 19.6. The van der Waals surface area contributed by atoms with Crippen molar-refractivity contribution in [2.45, 2.75) is 19.9 Å². The van der Waals surface area contributed by atoms with Gasteiger partial charge in [0.15, 0.2) is 0 Å². The van der Waals surface area contributed by atoms with Crippen LogP contribution in [0.5, 0.6) is 5.75 Å². The third-order valence-electron chi connectivity index (χ3n) is 4.74. The zero-order valence-electron chi connectivity index (χ0n) is 16.6. The number of carbonyl (C=O) groups excluding carboxylic acids is 1. The molecule has 1 atom stereocenters. The number of aryl methyl sites for hydroxylation is 1. The summed E-state index contributed by atoms with van der Waals surface area (Å²) in [5, 5.41) is 7.07. The fourth-order valence-electron chi connectivity index (χ4n) is 2.97. The lowest BCUT2D eigenvalue weighted by Gasteiger charge is -2.25. The van der Waals surface area contributed by atoms with E-state index in [2.05, 4.69) is 22.3 Å². The van der Waals surface area contributed by atoms with Crippen LogP contribution in [0, 0.1) is 6.92 Å². The summed E-state index contributed by atoms with van der Waals surface area (Å²) in [6.45, 7) is 4.32. The molecule has 1 aromatic heterocycles. The highest BCUT2D eigenvalue weighted by atomic mass is 16.5. The van der Waals surface area contributed by atoms with Gasteiger partial charge in [-0.1, -0.05) is 18.2 Å². The Labute approximate surface area is 165 Å². The molecule has 0 saturated heterocycles. The molecule has 3 rings (SSSR count). The molecule has 146 valence electrons. The van der Waals surface area contributed by atoms with Crippen molar-refractivity contribution in [2.75, 3.05) is 26.0 Å². The summed E-state index contributed by atoms with van der Waals surface area (Å²) in [6.07, 6.45) is 3.17. The van der Waals surface area contributed by atoms with Gasteiger partial charge in [-0.15, -0.1) is 0 Å². The SMILES string of the molecule is COc1ccc(C)cc1NC(=O)CN(C)[C@H](C)c1ccc(-n2cncn2)cc1. The molecule has 1 N–H and O–H groups in total. The Hall–Kier alpha value is -3.19. The predicted octanol–water partition coefficient (Wildman–Crippen LogP) is 3.22. The van der Waals surface area contributed by atoms with E-state index >= 15 is 0 Å². The predicted molar refractivity (Wildman–Crippen MR) is 109 cm³/mol. The van der Waals surface area contributed by atoms with E-state index in [1.807, 2.05) is 61.3 Å². The first-order valence-corrected chi connectivity index (χ1v) is 9.07. The lowest BCUT2D eigenvalue weighted by atomic mass is 10.1. The third kappa shape index (κ3) is 4.55. The quantitative estimate of drug-likeness (QED) is 0.682. The van der Waals surface area contributed by atoms with E-state index in [4.69, 9.17) is 4.74 Å². The molecule has 28 heavy (non-hydrogen) atoms.